The standard InChI is InChI=1S/C13H14N4O2S/c1-10-4-5-11(3-2-7-14)12(9-10)17-20(18,19)13-6-8-15-16-13/h4-6,8-9,17H,7,14H2,1H3,(H,15,16). The van der Waals surface area contributed by atoms with E-state index >= 15 is 0 Å². The molecule has 2 aromatic rings. The molecular weight excluding hydrogens is 276 g/mol. The van der Waals surface area contributed by atoms with Crippen molar-refractivity contribution in [2.24, 2.45) is 5.73 Å². The third-order valence-corrected chi connectivity index (χ3v) is 3.80. The van der Waals surface area contributed by atoms with Crippen LogP contribution in [0.3, 0.4) is 0 Å². The maximum Gasteiger partial charge on any atom is 0.278 e. The Labute approximate surface area is 117 Å². The molecule has 0 aliphatic carbocycles. The summed E-state index contributed by atoms with van der Waals surface area (Å²) in [5, 5.41) is 6.05. The fraction of sp³-hybridized carbons (Fsp3) is 0.154. The molecule has 0 aliphatic heterocycles. The molecule has 2 rings (SSSR count). The van der Waals surface area contributed by atoms with Crippen LogP contribution < -0.4 is 10.5 Å². The van der Waals surface area contributed by atoms with Gasteiger partial charge >= 0.3 is 0 Å². The van der Waals surface area contributed by atoms with Crippen LogP contribution in [0.25, 0.3) is 0 Å². The first-order chi connectivity index (χ1) is 9.53. The number of aryl methyl sites for hydroxylation is 1. The lowest BCUT2D eigenvalue weighted by Crippen LogP contribution is -2.14. The molecule has 0 amide bonds. The third kappa shape index (κ3) is 3.17. The van der Waals surface area contributed by atoms with Crippen LogP contribution in [-0.2, 0) is 10.0 Å². The van der Waals surface area contributed by atoms with Crippen molar-refractivity contribution in [3.8, 4) is 11.8 Å². The van der Waals surface area contributed by atoms with Gasteiger partial charge in [0.1, 0.15) is 0 Å². The minimum atomic E-state index is -3.70. The third-order valence-electron chi connectivity index (χ3n) is 2.51. The highest BCUT2D eigenvalue weighted by atomic mass is 32.2. The lowest BCUT2D eigenvalue weighted by atomic mass is 10.1. The minimum Gasteiger partial charge on any atom is -0.320 e. The molecule has 0 saturated heterocycles. The predicted octanol–water partition coefficient (Wildman–Crippen LogP) is 0.829. The highest BCUT2D eigenvalue weighted by Crippen LogP contribution is 2.20. The highest BCUT2D eigenvalue weighted by molar-refractivity contribution is 7.92. The van der Waals surface area contributed by atoms with Crippen LogP contribution in [0.2, 0.25) is 0 Å². The van der Waals surface area contributed by atoms with E-state index in [9.17, 15) is 8.42 Å². The summed E-state index contributed by atoms with van der Waals surface area (Å²) in [5.74, 6) is 5.55. The van der Waals surface area contributed by atoms with Crippen LogP contribution in [0, 0.1) is 18.8 Å². The fourth-order valence-corrected chi connectivity index (χ4v) is 2.57. The summed E-state index contributed by atoms with van der Waals surface area (Å²) in [7, 11) is -3.70. The second-order valence-electron chi connectivity index (χ2n) is 4.08. The summed E-state index contributed by atoms with van der Waals surface area (Å²) in [6.07, 6.45) is 1.37. The summed E-state index contributed by atoms with van der Waals surface area (Å²) in [4.78, 5) is 0. The van der Waals surface area contributed by atoms with Gasteiger partial charge in [-0.25, -0.2) is 0 Å². The van der Waals surface area contributed by atoms with E-state index in [1.807, 2.05) is 13.0 Å². The smallest absolute Gasteiger partial charge is 0.278 e. The first kappa shape index (κ1) is 14.1. The van der Waals surface area contributed by atoms with E-state index in [1.54, 1.807) is 12.1 Å². The summed E-state index contributed by atoms with van der Waals surface area (Å²) < 4.78 is 26.8. The van der Waals surface area contributed by atoms with E-state index in [4.69, 9.17) is 5.73 Å². The Balaban J connectivity index is 2.40. The van der Waals surface area contributed by atoms with E-state index in [-0.39, 0.29) is 11.6 Å². The lowest BCUT2D eigenvalue weighted by molar-refractivity contribution is 0.597. The molecule has 104 valence electrons. The lowest BCUT2D eigenvalue weighted by Gasteiger charge is -2.09. The average Bonchev–Trinajstić information content (AvgIpc) is 2.92. The Morgan fingerprint density at radius 2 is 2.20 bits per heavy atom. The van der Waals surface area contributed by atoms with Crippen LogP contribution in [0.5, 0.6) is 0 Å². The molecule has 0 bridgehead atoms. The van der Waals surface area contributed by atoms with Crippen LogP contribution in [-0.4, -0.2) is 25.2 Å². The van der Waals surface area contributed by atoms with Crippen molar-refractivity contribution in [3.05, 3.63) is 41.6 Å². The highest BCUT2D eigenvalue weighted by Gasteiger charge is 2.16. The monoisotopic (exact) mass is 290 g/mol. The van der Waals surface area contributed by atoms with E-state index in [0.717, 1.165) is 5.56 Å². The number of nitrogens with two attached hydrogens (primary N) is 1. The largest absolute Gasteiger partial charge is 0.320 e. The normalized spacial score (nSPS) is 10.7. The van der Waals surface area contributed by atoms with E-state index in [2.05, 4.69) is 26.8 Å². The Morgan fingerprint density at radius 1 is 1.40 bits per heavy atom. The van der Waals surface area contributed by atoms with Crippen LogP contribution in [0.4, 0.5) is 5.69 Å². The van der Waals surface area contributed by atoms with Crippen molar-refractivity contribution in [1.82, 2.24) is 10.2 Å². The van der Waals surface area contributed by atoms with E-state index < -0.39 is 10.0 Å². The number of hydrogen-bond donors (Lipinski definition) is 3. The molecule has 0 radical (unpaired) electrons. The fourth-order valence-electron chi connectivity index (χ4n) is 1.59. The summed E-state index contributed by atoms with van der Waals surface area (Å²) >= 11 is 0. The first-order valence-electron chi connectivity index (χ1n) is 5.85. The summed E-state index contributed by atoms with van der Waals surface area (Å²) in [5.41, 5.74) is 7.25. The molecule has 1 heterocycles. The predicted molar refractivity (Wildman–Crippen MR) is 76.5 cm³/mol. The number of aromatic amines is 1. The number of rotatable bonds is 3. The molecular formula is C13H14N4O2S. The Kier molecular flexibility index (Phi) is 4.08. The van der Waals surface area contributed by atoms with Gasteiger partial charge in [0.15, 0.2) is 5.03 Å². The number of nitrogens with one attached hydrogen (secondary N) is 2. The van der Waals surface area contributed by atoms with E-state index in [0.29, 0.717) is 11.3 Å². The van der Waals surface area contributed by atoms with Gasteiger partial charge in [-0.1, -0.05) is 17.9 Å². The van der Waals surface area contributed by atoms with Gasteiger partial charge in [0.2, 0.25) is 0 Å². The molecule has 0 unspecified atom stereocenters. The van der Waals surface area contributed by atoms with Crippen LogP contribution in [0.1, 0.15) is 11.1 Å². The molecule has 6 nitrogen and oxygen atoms in total. The maximum absolute atomic E-state index is 12.1. The molecule has 20 heavy (non-hydrogen) atoms. The average molecular weight is 290 g/mol. The molecule has 0 saturated carbocycles. The van der Waals surface area contributed by atoms with Crippen molar-refractivity contribution >= 4 is 15.7 Å². The van der Waals surface area contributed by atoms with Gasteiger partial charge in [-0.05, 0) is 30.7 Å². The minimum absolute atomic E-state index is 0.00302. The summed E-state index contributed by atoms with van der Waals surface area (Å²) in [6, 6.07) is 6.70. The van der Waals surface area contributed by atoms with Crippen molar-refractivity contribution in [1.29, 1.82) is 0 Å². The van der Waals surface area contributed by atoms with Crippen LogP contribution in [0.15, 0.2) is 35.5 Å². The zero-order chi connectivity index (χ0) is 14.6. The van der Waals surface area contributed by atoms with Crippen molar-refractivity contribution in [2.45, 2.75) is 11.9 Å². The number of H-pyrrole nitrogens is 1. The zero-order valence-corrected chi connectivity index (χ0v) is 11.7. The quantitative estimate of drug-likeness (QED) is 0.729. The molecule has 0 spiro atoms. The summed E-state index contributed by atoms with van der Waals surface area (Å²) in [6.45, 7) is 2.08. The number of benzene rings is 1. The SMILES string of the molecule is Cc1ccc(C#CCN)c(NS(=O)(=O)c2ccn[nH]2)c1. The van der Waals surface area contributed by atoms with Crippen molar-refractivity contribution < 1.29 is 8.42 Å². The molecule has 1 aromatic heterocycles. The van der Waals surface area contributed by atoms with Gasteiger partial charge in [0.05, 0.1) is 18.4 Å². The number of nitrogens with zero attached hydrogens (tertiary/aromatic N) is 1. The van der Waals surface area contributed by atoms with Crippen molar-refractivity contribution in [3.63, 3.8) is 0 Å². The van der Waals surface area contributed by atoms with Gasteiger partial charge in [-0.2, -0.15) is 13.5 Å². The number of anilines is 1. The van der Waals surface area contributed by atoms with Gasteiger partial charge in [0.25, 0.3) is 10.0 Å². The molecule has 1 aromatic carbocycles. The van der Waals surface area contributed by atoms with Gasteiger partial charge in [-0.15, -0.1) is 0 Å². The molecule has 0 aliphatic rings. The van der Waals surface area contributed by atoms with Gasteiger partial charge in [0, 0.05) is 5.56 Å². The second-order valence-corrected chi connectivity index (χ2v) is 5.73. The molecule has 4 N–H and O–H groups in total. The number of aromatic nitrogens is 2. The molecule has 7 heteroatoms. The second kappa shape index (κ2) is 5.77. The van der Waals surface area contributed by atoms with Gasteiger partial charge in [-0.3, -0.25) is 9.82 Å². The number of hydrogen-bond acceptors (Lipinski definition) is 4. The van der Waals surface area contributed by atoms with Crippen molar-refractivity contribution in [2.75, 3.05) is 11.3 Å². The van der Waals surface area contributed by atoms with E-state index in [1.165, 1.54) is 12.3 Å². The Morgan fingerprint density at radius 3 is 2.85 bits per heavy atom. The van der Waals surface area contributed by atoms with Crippen LogP contribution >= 0.6 is 0 Å². The zero-order valence-electron chi connectivity index (χ0n) is 10.8. The number of sulfonamides is 1. The Hall–Kier alpha value is -2.30. The van der Waals surface area contributed by atoms with Gasteiger partial charge < -0.3 is 5.73 Å². The Bertz CT molecular complexity index is 755. The molecule has 0 atom stereocenters. The molecule has 0 fully saturated rings. The first-order valence-corrected chi connectivity index (χ1v) is 7.33. The topological polar surface area (TPSA) is 101 Å². The maximum atomic E-state index is 12.1.